The van der Waals surface area contributed by atoms with E-state index in [9.17, 15) is 14.2 Å². The van der Waals surface area contributed by atoms with Crippen molar-refractivity contribution in [3.05, 3.63) is 0 Å². The van der Waals surface area contributed by atoms with Crippen LogP contribution < -0.4 is 0 Å². The predicted octanol–water partition coefficient (Wildman–Crippen LogP) is -0.730. The van der Waals surface area contributed by atoms with Gasteiger partial charge in [0.2, 0.25) is 8.03 Å². The van der Waals surface area contributed by atoms with E-state index in [1.807, 2.05) is 0 Å². The van der Waals surface area contributed by atoms with Gasteiger partial charge in [0.25, 0.3) is 0 Å². The van der Waals surface area contributed by atoms with Crippen LogP contribution in [-0.2, 0) is 9.13 Å². The quantitative estimate of drug-likeness (QED) is 0.465. The van der Waals surface area contributed by atoms with E-state index in [0.717, 1.165) is 0 Å². The van der Waals surface area contributed by atoms with Crippen LogP contribution in [0.5, 0.6) is 0 Å². The molecule has 3 atom stereocenters. The van der Waals surface area contributed by atoms with Gasteiger partial charge < -0.3 is 24.7 Å². The van der Waals surface area contributed by atoms with E-state index in [0.29, 0.717) is 6.54 Å². The Kier molecular flexibility index (Phi) is 6.21. The summed E-state index contributed by atoms with van der Waals surface area (Å²) in [4.78, 5) is 28.0. The number of nitrogens with zero attached hydrogens (tertiary/aromatic N) is 1. The lowest BCUT2D eigenvalue weighted by Gasteiger charge is -2.22. The Morgan fingerprint density at radius 3 is 2.13 bits per heavy atom. The van der Waals surface area contributed by atoms with Crippen LogP contribution in [0.25, 0.3) is 0 Å². The van der Waals surface area contributed by atoms with Crippen LogP contribution in [0.4, 0.5) is 0 Å². The zero-order valence-electron chi connectivity index (χ0n) is 8.57. The van der Waals surface area contributed by atoms with Crippen LogP contribution in [0.1, 0.15) is 6.42 Å². The fourth-order valence-corrected chi connectivity index (χ4v) is 3.33. The van der Waals surface area contributed by atoms with Crippen LogP contribution >= 0.6 is 15.6 Å². The maximum Gasteiger partial charge on any atom is 0.340 e. The highest BCUT2D eigenvalue weighted by molar-refractivity contribution is 7.65. The van der Waals surface area contributed by atoms with Gasteiger partial charge in [-0.1, -0.05) is 0 Å². The van der Waals surface area contributed by atoms with Crippen molar-refractivity contribution in [1.29, 1.82) is 0 Å². The van der Waals surface area contributed by atoms with Crippen LogP contribution in [-0.4, -0.2) is 56.8 Å². The van der Waals surface area contributed by atoms with Crippen molar-refractivity contribution < 1.29 is 28.9 Å². The van der Waals surface area contributed by atoms with Crippen molar-refractivity contribution in [1.82, 2.24) is 4.90 Å². The first-order valence-corrected chi connectivity index (χ1v) is 7.38. The molecule has 0 aliphatic heterocycles. The molecule has 0 saturated heterocycles. The van der Waals surface area contributed by atoms with E-state index >= 15 is 0 Å². The van der Waals surface area contributed by atoms with Crippen LogP contribution in [0, 0.1) is 0 Å². The molecule has 0 saturated carbocycles. The number of rotatable bonds is 6. The molecule has 0 heterocycles. The van der Waals surface area contributed by atoms with Crippen molar-refractivity contribution in [2.75, 3.05) is 20.6 Å². The van der Waals surface area contributed by atoms with Gasteiger partial charge >= 0.3 is 7.60 Å². The third kappa shape index (κ3) is 5.78. The van der Waals surface area contributed by atoms with Gasteiger partial charge in [0, 0.05) is 6.54 Å². The second-order valence-corrected chi connectivity index (χ2v) is 7.05. The standard InChI is InChI=1S/C6H17NO6P2/c1-7(2)4-3-5(8)6(14(9)10)15(11,12)13/h5-6,8,14H,3-4H2,1-2H3,(H,9,10)(H2,11,12,13). The molecule has 0 bridgehead atoms. The highest BCUT2D eigenvalue weighted by Gasteiger charge is 2.39. The van der Waals surface area contributed by atoms with Gasteiger partial charge in [0.15, 0.2) is 5.40 Å². The lowest BCUT2D eigenvalue weighted by Crippen LogP contribution is -2.27. The van der Waals surface area contributed by atoms with E-state index in [1.165, 1.54) is 0 Å². The summed E-state index contributed by atoms with van der Waals surface area (Å²) in [6.07, 6.45) is -1.43. The van der Waals surface area contributed by atoms with E-state index in [2.05, 4.69) is 0 Å². The molecule has 7 nitrogen and oxygen atoms in total. The molecule has 0 aromatic carbocycles. The molecular weight excluding hydrogens is 244 g/mol. The summed E-state index contributed by atoms with van der Waals surface area (Å²) < 4.78 is 21.6. The SMILES string of the molecule is CN(C)CCC(O)C([PH](=O)O)P(=O)(O)O. The Balaban J connectivity index is 4.51. The van der Waals surface area contributed by atoms with E-state index in [4.69, 9.17) is 14.7 Å². The summed E-state index contributed by atoms with van der Waals surface area (Å²) in [6, 6.07) is 0. The maximum atomic E-state index is 10.8. The molecule has 0 aromatic rings. The molecule has 0 aliphatic rings. The summed E-state index contributed by atoms with van der Waals surface area (Å²) in [6.45, 7) is 0.382. The third-order valence-electron chi connectivity index (χ3n) is 1.85. The van der Waals surface area contributed by atoms with Crippen molar-refractivity contribution in [3.63, 3.8) is 0 Å². The summed E-state index contributed by atoms with van der Waals surface area (Å²) >= 11 is 0. The number of aliphatic hydroxyl groups is 1. The first-order chi connectivity index (χ1) is 6.66. The van der Waals surface area contributed by atoms with Gasteiger partial charge in [0.05, 0.1) is 6.10 Å². The molecule has 0 radical (unpaired) electrons. The summed E-state index contributed by atoms with van der Waals surface area (Å²) in [5, 5.41) is 7.55. The Bertz CT molecular complexity index is 264. The average molecular weight is 261 g/mol. The van der Waals surface area contributed by atoms with Crippen LogP contribution in [0.2, 0.25) is 0 Å². The minimum atomic E-state index is -4.73. The normalized spacial score (nSPS) is 18.9. The second-order valence-electron chi connectivity index (χ2n) is 3.53. The van der Waals surface area contributed by atoms with E-state index < -0.39 is 27.1 Å². The maximum absolute atomic E-state index is 10.8. The van der Waals surface area contributed by atoms with Gasteiger partial charge in [-0.05, 0) is 20.5 Å². The number of aliphatic hydroxyl groups excluding tert-OH is 1. The molecule has 0 amide bonds. The van der Waals surface area contributed by atoms with Crippen LogP contribution in [0.3, 0.4) is 0 Å². The molecule has 0 aromatic heterocycles. The lowest BCUT2D eigenvalue weighted by atomic mass is 10.3. The largest absolute Gasteiger partial charge is 0.392 e. The van der Waals surface area contributed by atoms with Crippen molar-refractivity contribution in [3.8, 4) is 0 Å². The molecule has 92 valence electrons. The van der Waals surface area contributed by atoms with Crippen LogP contribution in [0.15, 0.2) is 0 Å². The van der Waals surface area contributed by atoms with Crippen molar-refractivity contribution in [2.45, 2.75) is 17.9 Å². The van der Waals surface area contributed by atoms with E-state index in [1.54, 1.807) is 19.0 Å². The first-order valence-electron chi connectivity index (χ1n) is 4.27. The Morgan fingerprint density at radius 1 is 1.40 bits per heavy atom. The fourth-order valence-electron chi connectivity index (χ4n) is 1.08. The molecule has 0 aliphatic carbocycles. The minimum Gasteiger partial charge on any atom is -0.392 e. The van der Waals surface area contributed by atoms with Gasteiger partial charge in [0.1, 0.15) is 0 Å². The van der Waals surface area contributed by atoms with Gasteiger partial charge in [-0.25, -0.2) is 0 Å². The number of hydrogen-bond donors (Lipinski definition) is 4. The third-order valence-corrected chi connectivity index (χ3v) is 5.48. The second kappa shape index (κ2) is 6.11. The van der Waals surface area contributed by atoms with Crippen molar-refractivity contribution in [2.24, 2.45) is 0 Å². The summed E-state index contributed by atoms with van der Waals surface area (Å²) in [7, 11) is -4.75. The Hall–Kier alpha value is 0.260. The summed E-state index contributed by atoms with van der Waals surface area (Å²) in [5.41, 5.74) is 0. The fraction of sp³-hybridized carbons (Fsp3) is 1.00. The molecule has 3 unspecified atom stereocenters. The van der Waals surface area contributed by atoms with Gasteiger partial charge in [-0.2, -0.15) is 0 Å². The summed E-state index contributed by atoms with van der Waals surface area (Å²) in [5.74, 6) is 0. The van der Waals surface area contributed by atoms with Crippen molar-refractivity contribution >= 4 is 15.6 Å². The van der Waals surface area contributed by atoms with E-state index in [-0.39, 0.29) is 6.42 Å². The molecule has 4 N–H and O–H groups in total. The molecule has 9 heteroatoms. The number of hydrogen-bond acceptors (Lipinski definition) is 4. The smallest absolute Gasteiger partial charge is 0.340 e. The topological polar surface area (TPSA) is 118 Å². The van der Waals surface area contributed by atoms with Gasteiger partial charge in [-0.15, -0.1) is 0 Å². The Morgan fingerprint density at radius 2 is 1.87 bits per heavy atom. The molecular formula is C6H17NO6P2. The highest BCUT2D eigenvalue weighted by Crippen LogP contribution is 2.53. The average Bonchev–Trinajstić information content (AvgIpc) is 1.96. The lowest BCUT2D eigenvalue weighted by molar-refractivity contribution is 0.153. The molecule has 15 heavy (non-hydrogen) atoms. The first kappa shape index (κ1) is 15.3. The zero-order chi connectivity index (χ0) is 12.2. The Labute approximate surface area is 88.8 Å². The molecule has 0 spiro atoms. The highest BCUT2D eigenvalue weighted by atomic mass is 31.2. The predicted molar refractivity (Wildman–Crippen MR) is 56.2 cm³/mol. The van der Waals surface area contributed by atoms with Gasteiger partial charge in [-0.3, -0.25) is 9.13 Å². The zero-order valence-corrected chi connectivity index (χ0v) is 10.5. The monoisotopic (exact) mass is 261 g/mol. The minimum absolute atomic E-state index is 0.0414. The molecule has 0 rings (SSSR count). The molecule has 0 fully saturated rings.